The highest BCUT2D eigenvalue weighted by molar-refractivity contribution is 7.92. The van der Waals surface area contributed by atoms with Crippen LogP contribution < -0.4 is 14.4 Å². The number of nitrogens with zero attached hydrogens (tertiary/aromatic N) is 1. The van der Waals surface area contributed by atoms with Crippen molar-refractivity contribution in [3.63, 3.8) is 0 Å². The SMILES string of the molecule is COc1ccc(NC(=O)CN(c2cccc(F)c2)S(C)(=O)=O)cc1Cl. The average Bonchev–Trinajstić information content (AvgIpc) is 2.51. The van der Waals surface area contributed by atoms with Gasteiger partial charge in [0.05, 0.1) is 24.1 Å². The van der Waals surface area contributed by atoms with Crippen molar-refractivity contribution in [1.82, 2.24) is 0 Å². The van der Waals surface area contributed by atoms with Crippen LogP contribution in [0, 0.1) is 5.82 Å². The number of nitrogens with one attached hydrogen (secondary N) is 1. The number of halogens is 2. The second-order valence-corrected chi connectivity index (χ2v) is 7.46. The summed E-state index contributed by atoms with van der Waals surface area (Å²) in [5, 5.41) is 2.84. The van der Waals surface area contributed by atoms with E-state index in [4.69, 9.17) is 16.3 Å². The zero-order chi connectivity index (χ0) is 18.6. The number of sulfonamides is 1. The molecule has 0 atom stereocenters. The molecule has 1 amide bonds. The van der Waals surface area contributed by atoms with E-state index in [1.807, 2.05) is 0 Å². The third kappa shape index (κ3) is 5.07. The summed E-state index contributed by atoms with van der Waals surface area (Å²) in [7, 11) is -2.32. The first-order valence-electron chi connectivity index (χ1n) is 7.07. The molecule has 0 aliphatic heterocycles. The number of rotatable bonds is 6. The summed E-state index contributed by atoms with van der Waals surface area (Å²) < 4.78 is 43.1. The highest BCUT2D eigenvalue weighted by Gasteiger charge is 2.21. The summed E-state index contributed by atoms with van der Waals surface area (Å²) in [5.74, 6) is -0.762. The molecule has 0 heterocycles. The smallest absolute Gasteiger partial charge is 0.245 e. The molecular weight excluding hydrogens is 371 g/mol. The molecule has 134 valence electrons. The van der Waals surface area contributed by atoms with Crippen LogP contribution in [0.25, 0.3) is 0 Å². The lowest BCUT2D eigenvalue weighted by molar-refractivity contribution is -0.114. The third-order valence-electron chi connectivity index (χ3n) is 3.22. The first-order valence-corrected chi connectivity index (χ1v) is 9.30. The van der Waals surface area contributed by atoms with E-state index < -0.39 is 28.3 Å². The maximum Gasteiger partial charge on any atom is 0.245 e. The minimum Gasteiger partial charge on any atom is -0.495 e. The van der Waals surface area contributed by atoms with Crippen LogP contribution in [0.2, 0.25) is 5.02 Å². The van der Waals surface area contributed by atoms with E-state index >= 15 is 0 Å². The second kappa shape index (κ2) is 7.71. The fraction of sp³-hybridized carbons (Fsp3) is 0.188. The molecule has 0 fully saturated rings. The van der Waals surface area contributed by atoms with Crippen LogP contribution in [0.3, 0.4) is 0 Å². The summed E-state index contributed by atoms with van der Waals surface area (Å²) in [4.78, 5) is 12.2. The fourth-order valence-electron chi connectivity index (χ4n) is 2.11. The van der Waals surface area contributed by atoms with Crippen LogP contribution in [0.15, 0.2) is 42.5 Å². The van der Waals surface area contributed by atoms with E-state index in [1.54, 1.807) is 12.1 Å². The average molecular weight is 387 g/mol. The van der Waals surface area contributed by atoms with E-state index in [2.05, 4.69) is 5.32 Å². The van der Waals surface area contributed by atoms with Gasteiger partial charge in [-0.3, -0.25) is 9.10 Å². The van der Waals surface area contributed by atoms with Gasteiger partial charge in [-0.1, -0.05) is 17.7 Å². The number of benzene rings is 2. The van der Waals surface area contributed by atoms with Gasteiger partial charge in [-0.05, 0) is 36.4 Å². The van der Waals surface area contributed by atoms with Crippen molar-refractivity contribution in [1.29, 1.82) is 0 Å². The van der Waals surface area contributed by atoms with Gasteiger partial charge < -0.3 is 10.1 Å². The molecule has 0 aliphatic rings. The Hall–Kier alpha value is -2.32. The van der Waals surface area contributed by atoms with Crippen LogP contribution >= 0.6 is 11.6 Å². The van der Waals surface area contributed by atoms with Crippen LogP contribution in [0.4, 0.5) is 15.8 Å². The quantitative estimate of drug-likeness (QED) is 0.828. The summed E-state index contributed by atoms with van der Waals surface area (Å²) in [6, 6.07) is 9.60. The molecule has 6 nitrogen and oxygen atoms in total. The predicted octanol–water partition coefficient (Wildman–Crippen LogP) is 2.89. The van der Waals surface area contributed by atoms with E-state index in [0.29, 0.717) is 16.5 Å². The molecule has 0 saturated heterocycles. The lowest BCUT2D eigenvalue weighted by atomic mass is 10.3. The molecular formula is C16H16ClFN2O4S. The molecule has 0 unspecified atom stereocenters. The Balaban J connectivity index is 2.19. The number of hydrogen-bond acceptors (Lipinski definition) is 4. The molecule has 1 N–H and O–H groups in total. The van der Waals surface area contributed by atoms with Gasteiger partial charge in [0, 0.05) is 5.69 Å². The number of carbonyl (C=O) groups is 1. The van der Waals surface area contributed by atoms with Crippen LogP contribution in [-0.2, 0) is 14.8 Å². The Morgan fingerprint density at radius 3 is 2.56 bits per heavy atom. The molecule has 0 aromatic heterocycles. The Morgan fingerprint density at radius 1 is 1.28 bits per heavy atom. The van der Waals surface area contributed by atoms with Gasteiger partial charge in [0.15, 0.2) is 0 Å². The van der Waals surface area contributed by atoms with Crippen molar-refractivity contribution in [3.8, 4) is 5.75 Å². The molecule has 2 aromatic rings. The van der Waals surface area contributed by atoms with Gasteiger partial charge in [0.25, 0.3) is 0 Å². The molecule has 25 heavy (non-hydrogen) atoms. The molecule has 0 saturated carbocycles. The Morgan fingerprint density at radius 2 is 2.00 bits per heavy atom. The van der Waals surface area contributed by atoms with E-state index in [9.17, 15) is 17.6 Å². The zero-order valence-corrected chi connectivity index (χ0v) is 15.1. The van der Waals surface area contributed by atoms with Gasteiger partial charge in [-0.15, -0.1) is 0 Å². The van der Waals surface area contributed by atoms with Gasteiger partial charge in [-0.2, -0.15) is 0 Å². The zero-order valence-electron chi connectivity index (χ0n) is 13.5. The number of carbonyl (C=O) groups excluding carboxylic acids is 1. The number of anilines is 2. The minimum absolute atomic E-state index is 0.0606. The molecule has 2 rings (SSSR count). The third-order valence-corrected chi connectivity index (χ3v) is 4.66. The van der Waals surface area contributed by atoms with Crippen molar-refractivity contribution in [2.45, 2.75) is 0 Å². The van der Waals surface area contributed by atoms with E-state index in [-0.39, 0.29) is 5.69 Å². The molecule has 9 heteroatoms. The number of ether oxygens (including phenoxy) is 1. The number of amides is 1. The van der Waals surface area contributed by atoms with Crippen molar-refractivity contribution in [3.05, 3.63) is 53.3 Å². The normalized spacial score (nSPS) is 11.0. The molecule has 0 bridgehead atoms. The van der Waals surface area contributed by atoms with Crippen molar-refractivity contribution in [2.75, 3.05) is 29.5 Å². The first-order chi connectivity index (χ1) is 11.7. The van der Waals surface area contributed by atoms with E-state index in [1.165, 1.54) is 31.4 Å². The van der Waals surface area contributed by atoms with Crippen molar-refractivity contribution >= 4 is 38.9 Å². The Kier molecular flexibility index (Phi) is 5.86. The maximum atomic E-state index is 13.4. The first kappa shape index (κ1) is 19.0. The monoisotopic (exact) mass is 386 g/mol. The van der Waals surface area contributed by atoms with Gasteiger partial charge in [-0.25, -0.2) is 12.8 Å². The standard InChI is InChI=1S/C16H16ClFN2O4S/c1-24-15-7-6-12(9-14(15)17)19-16(21)10-20(25(2,22)23)13-5-3-4-11(18)8-13/h3-9H,10H2,1-2H3,(H,19,21). The highest BCUT2D eigenvalue weighted by Crippen LogP contribution is 2.27. The molecule has 2 aromatic carbocycles. The highest BCUT2D eigenvalue weighted by atomic mass is 35.5. The molecule has 0 aliphatic carbocycles. The second-order valence-electron chi connectivity index (χ2n) is 5.15. The molecule has 0 spiro atoms. The number of hydrogen-bond donors (Lipinski definition) is 1. The fourth-order valence-corrected chi connectivity index (χ4v) is 3.21. The minimum atomic E-state index is -3.78. The number of methoxy groups -OCH3 is 1. The largest absolute Gasteiger partial charge is 0.495 e. The van der Waals surface area contributed by atoms with Gasteiger partial charge in [0.1, 0.15) is 18.1 Å². The van der Waals surface area contributed by atoms with Gasteiger partial charge >= 0.3 is 0 Å². The van der Waals surface area contributed by atoms with Crippen molar-refractivity contribution < 1.29 is 22.3 Å². The van der Waals surface area contributed by atoms with Gasteiger partial charge in [0.2, 0.25) is 15.9 Å². The predicted molar refractivity (Wildman–Crippen MR) is 95.2 cm³/mol. The van der Waals surface area contributed by atoms with Crippen molar-refractivity contribution in [2.24, 2.45) is 0 Å². The van der Waals surface area contributed by atoms with Crippen LogP contribution in [0.1, 0.15) is 0 Å². The summed E-state index contributed by atoms with van der Waals surface area (Å²) in [6.45, 7) is -0.508. The molecule has 0 radical (unpaired) electrons. The lowest BCUT2D eigenvalue weighted by Crippen LogP contribution is -2.37. The summed E-state index contributed by atoms with van der Waals surface area (Å²) in [6.07, 6.45) is 0.940. The Bertz CT molecular complexity index is 889. The lowest BCUT2D eigenvalue weighted by Gasteiger charge is -2.22. The van der Waals surface area contributed by atoms with Crippen LogP contribution in [-0.4, -0.2) is 34.2 Å². The maximum absolute atomic E-state index is 13.4. The topological polar surface area (TPSA) is 75.7 Å². The Labute approximate surface area is 150 Å². The summed E-state index contributed by atoms with van der Waals surface area (Å²) >= 11 is 5.98. The summed E-state index contributed by atoms with van der Waals surface area (Å²) in [5.41, 5.74) is 0.439. The van der Waals surface area contributed by atoms with E-state index in [0.717, 1.165) is 16.6 Å². The van der Waals surface area contributed by atoms with Crippen LogP contribution in [0.5, 0.6) is 5.75 Å².